The molecule has 0 spiro atoms. The van der Waals surface area contributed by atoms with E-state index in [2.05, 4.69) is 0 Å². The average molecular weight is 322 g/mol. The number of aliphatic hydroxyl groups excluding tert-OH is 1. The molecule has 8 heteroatoms. The maximum atomic E-state index is 12.4. The largest absolute Gasteiger partial charge is 0.502 e. The van der Waals surface area contributed by atoms with E-state index in [-0.39, 0.29) is 10.5 Å². The lowest BCUT2D eigenvalue weighted by molar-refractivity contribution is -0.135. The number of sulfone groups is 1. The van der Waals surface area contributed by atoms with Crippen molar-refractivity contribution in [1.82, 2.24) is 0 Å². The molecule has 7 nitrogen and oxygen atoms in total. The number of carbonyl (C=O) groups excluding carboxylic acids is 1. The summed E-state index contributed by atoms with van der Waals surface area (Å²) in [6.45, 7) is 0. The fourth-order valence-corrected chi connectivity index (χ4v) is 3.03. The number of carboxylic acid groups (broad SMARTS) is 1. The van der Waals surface area contributed by atoms with Crippen LogP contribution in [0.25, 0.3) is 0 Å². The van der Waals surface area contributed by atoms with Crippen molar-refractivity contribution in [2.45, 2.75) is 9.99 Å². The van der Waals surface area contributed by atoms with Gasteiger partial charge in [-0.1, -0.05) is 18.2 Å². The number of aliphatic carboxylic acids is 1. The van der Waals surface area contributed by atoms with E-state index in [0.29, 0.717) is 6.08 Å². The molecule has 0 aliphatic heterocycles. The fourth-order valence-electron chi connectivity index (χ4n) is 1.66. The Hall–Kier alpha value is -2.87. The molecular weight excluding hydrogens is 312 g/mol. The second-order valence-electron chi connectivity index (χ2n) is 4.14. The minimum atomic E-state index is -4.07. The molecule has 114 valence electrons. The number of furan rings is 1. The van der Waals surface area contributed by atoms with E-state index >= 15 is 0 Å². The molecule has 1 heterocycles. The molecule has 1 aromatic carbocycles. The van der Waals surface area contributed by atoms with E-state index in [4.69, 9.17) is 14.6 Å². The molecule has 0 atom stereocenters. The first-order valence-electron chi connectivity index (χ1n) is 5.90. The van der Waals surface area contributed by atoms with Gasteiger partial charge in [0.15, 0.2) is 5.78 Å². The van der Waals surface area contributed by atoms with Crippen LogP contribution in [0.4, 0.5) is 0 Å². The van der Waals surface area contributed by atoms with Gasteiger partial charge >= 0.3 is 5.97 Å². The van der Waals surface area contributed by atoms with Crippen LogP contribution < -0.4 is 0 Å². The number of allylic oxidation sites excluding steroid dienone is 1. The Labute approximate surface area is 125 Å². The third-order valence-electron chi connectivity index (χ3n) is 2.68. The Kier molecular flexibility index (Phi) is 4.13. The maximum absolute atomic E-state index is 12.4. The Morgan fingerprint density at radius 1 is 1.05 bits per heavy atom. The molecule has 0 unspecified atom stereocenters. The van der Waals surface area contributed by atoms with Crippen LogP contribution in [0.5, 0.6) is 0 Å². The lowest BCUT2D eigenvalue weighted by Crippen LogP contribution is -2.08. The molecule has 22 heavy (non-hydrogen) atoms. The summed E-state index contributed by atoms with van der Waals surface area (Å²) in [6, 6.07) is 8.39. The molecule has 0 bridgehead atoms. The van der Waals surface area contributed by atoms with E-state index in [1.54, 1.807) is 6.07 Å². The fraction of sp³-hybridized carbons (Fsp3) is 0. The Bertz CT molecular complexity index is 844. The number of benzene rings is 1. The summed E-state index contributed by atoms with van der Waals surface area (Å²) >= 11 is 0. The molecule has 2 rings (SSSR count). The zero-order valence-corrected chi connectivity index (χ0v) is 11.8. The van der Waals surface area contributed by atoms with Crippen LogP contribution in [0.15, 0.2) is 68.9 Å². The summed E-state index contributed by atoms with van der Waals surface area (Å²) in [4.78, 5) is 22.3. The molecule has 2 N–H and O–H groups in total. The zero-order chi connectivity index (χ0) is 16.3. The van der Waals surface area contributed by atoms with Crippen LogP contribution in [0.1, 0.15) is 10.4 Å². The van der Waals surface area contributed by atoms with Gasteiger partial charge in [0.1, 0.15) is 0 Å². The third-order valence-corrected chi connectivity index (χ3v) is 4.38. The predicted octanol–water partition coefficient (Wildman–Crippen LogP) is 1.82. The van der Waals surface area contributed by atoms with Crippen molar-refractivity contribution in [3.05, 3.63) is 60.1 Å². The van der Waals surface area contributed by atoms with Crippen LogP contribution in [0.3, 0.4) is 0 Å². The van der Waals surface area contributed by atoms with Crippen molar-refractivity contribution in [2.24, 2.45) is 0 Å². The number of carbonyl (C=O) groups is 2. The quantitative estimate of drug-likeness (QED) is 0.489. The van der Waals surface area contributed by atoms with Crippen molar-refractivity contribution in [2.75, 3.05) is 0 Å². The molecule has 0 fully saturated rings. The lowest BCUT2D eigenvalue weighted by atomic mass is 10.2. The van der Waals surface area contributed by atoms with Crippen molar-refractivity contribution < 1.29 is 32.6 Å². The first-order chi connectivity index (χ1) is 10.3. The molecule has 1 aromatic heterocycles. The summed E-state index contributed by atoms with van der Waals surface area (Å²) in [7, 11) is -4.07. The van der Waals surface area contributed by atoms with Crippen LogP contribution >= 0.6 is 0 Å². The van der Waals surface area contributed by atoms with E-state index < -0.39 is 32.4 Å². The molecular formula is C14H10O7S. The smallest absolute Gasteiger partial charge is 0.371 e. The van der Waals surface area contributed by atoms with Gasteiger partial charge < -0.3 is 14.6 Å². The molecule has 0 saturated carbocycles. The Balaban J connectivity index is 2.49. The summed E-state index contributed by atoms with van der Waals surface area (Å²) < 4.78 is 29.7. The van der Waals surface area contributed by atoms with Crippen LogP contribution in [-0.2, 0) is 14.6 Å². The number of hydrogen-bond donors (Lipinski definition) is 2. The molecule has 0 aliphatic carbocycles. The van der Waals surface area contributed by atoms with E-state index in [1.807, 2.05) is 0 Å². The SMILES string of the molecule is O=C(O)C(O)=CC(=O)c1ccoc1S(=O)(=O)c1ccccc1. The normalized spacial score (nSPS) is 12.1. The van der Waals surface area contributed by atoms with Gasteiger partial charge in [-0.25, -0.2) is 13.2 Å². The van der Waals surface area contributed by atoms with Gasteiger partial charge in [-0.05, 0) is 18.2 Å². The summed E-state index contributed by atoms with van der Waals surface area (Å²) in [5.74, 6) is -3.90. The number of carboxylic acids is 1. The first kappa shape index (κ1) is 15.5. The summed E-state index contributed by atoms with van der Waals surface area (Å²) in [6.07, 6.45) is 1.41. The lowest BCUT2D eigenvalue weighted by Gasteiger charge is -2.03. The van der Waals surface area contributed by atoms with E-state index in [0.717, 1.165) is 12.3 Å². The van der Waals surface area contributed by atoms with Crippen molar-refractivity contribution >= 4 is 21.6 Å². The minimum Gasteiger partial charge on any atom is -0.502 e. The highest BCUT2D eigenvalue weighted by molar-refractivity contribution is 7.91. The topological polar surface area (TPSA) is 122 Å². The minimum absolute atomic E-state index is 0.0783. The monoisotopic (exact) mass is 322 g/mol. The number of ketones is 1. The van der Waals surface area contributed by atoms with Gasteiger partial charge in [-0.3, -0.25) is 4.79 Å². The van der Waals surface area contributed by atoms with Crippen LogP contribution in [0.2, 0.25) is 0 Å². The van der Waals surface area contributed by atoms with Gasteiger partial charge in [0.25, 0.3) is 0 Å². The highest BCUT2D eigenvalue weighted by atomic mass is 32.2. The second kappa shape index (κ2) is 5.86. The highest BCUT2D eigenvalue weighted by Crippen LogP contribution is 2.25. The highest BCUT2D eigenvalue weighted by Gasteiger charge is 2.27. The number of aliphatic hydroxyl groups is 1. The first-order valence-corrected chi connectivity index (χ1v) is 7.38. The van der Waals surface area contributed by atoms with Crippen LogP contribution in [-0.4, -0.2) is 30.4 Å². The van der Waals surface area contributed by atoms with Gasteiger partial charge in [-0.2, -0.15) is 0 Å². The standard InChI is InChI=1S/C14H10O7S/c15-11(8-12(16)13(17)18)10-6-7-21-14(10)22(19,20)9-4-2-1-3-5-9/h1-8,16H,(H,17,18). The van der Waals surface area contributed by atoms with Gasteiger partial charge in [0.2, 0.25) is 20.7 Å². The average Bonchev–Trinajstić information content (AvgIpc) is 2.98. The number of rotatable bonds is 5. The van der Waals surface area contributed by atoms with Gasteiger partial charge in [0.05, 0.1) is 16.7 Å². The van der Waals surface area contributed by atoms with Crippen molar-refractivity contribution in [3.63, 3.8) is 0 Å². The molecule has 0 radical (unpaired) electrons. The van der Waals surface area contributed by atoms with E-state index in [9.17, 15) is 18.0 Å². The Morgan fingerprint density at radius 3 is 2.27 bits per heavy atom. The van der Waals surface area contributed by atoms with Gasteiger partial charge in [0, 0.05) is 6.08 Å². The third kappa shape index (κ3) is 2.91. The zero-order valence-electron chi connectivity index (χ0n) is 11.0. The van der Waals surface area contributed by atoms with Crippen molar-refractivity contribution in [3.8, 4) is 0 Å². The molecule has 0 amide bonds. The maximum Gasteiger partial charge on any atom is 0.371 e. The molecule has 0 aliphatic rings. The summed E-state index contributed by atoms with van der Waals surface area (Å²) in [5, 5.41) is 17.0. The van der Waals surface area contributed by atoms with E-state index in [1.165, 1.54) is 24.3 Å². The van der Waals surface area contributed by atoms with Gasteiger partial charge in [-0.15, -0.1) is 0 Å². The second-order valence-corrected chi connectivity index (χ2v) is 5.99. The Morgan fingerprint density at radius 2 is 1.68 bits per heavy atom. The van der Waals surface area contributed by atoms with Crippen molar-refractivity contribution in [1.29, 1.82) is 0 Å². The van der Waals surface area contributed by atoms with Crippen LogP contribution in [0, 0.1) is 0 Å². The summed E-state index contributed by atoms with van der Waals surface area (Å²) in [5.41, 5.74) is -0.364. The molecule has 0 saturated heterocycles. The number of hydrogen-bond acceptors (Lipinski definition) is 6. The predicted molar refractivity (Wildman–Crippen MR) is 73.3 cm³/mol. The molecule has 2 aromatic rings.